The van der Waals surface area contributed by atoms with E-state index in [-0.39, 0.29) is 17.5 Å². The van der Waals surface area contributed by atoms with Gasteiger partial charge >= 0.3 is 5.69 Å². The predicted molar refractivity (Wildman–Crippen MR) is 90.4 cm³/mol. The van der Waals surface area contributed by atoms with Gasteiger partial charge in [0.2, 0.25) is 5.91 Å². The van der Waals surface area contributed by atoms with E-state index in [2.05, 4.69) is 35.3 Å². The van der Waals surface area contributed by atoms with Gasteiger partial charge in [-0.1, -0.05) is 30.3 Å². The number of hydrogen-bond donors (Lipinski definition) is 1. The fourth-order valence-electron chi connectivity index (χ4n) is 3.66. The van der Waals surface area contributed by atoms with E-state index >= 15 is 0 Å². The molecule has 0 spiro atoms. The second-order valence-corrected chi connectivity index (χ2v) is 6.55. The molecule has 2 aromatic rings. The third-order valence-electron chi connectivity index (χ3n) is 5.03. The standard InChI is InChI=1S/C18H20N4O2/c1-12-4-2-3-5-15(12)13-8-9-21(10-13)17(23)14-6-7-16-19-20-18(24)22(16)11-14/h2-5,8,14H,6-7,9-11H2,1H3,(H,20,24). The van der Waals surface area contributed by atoms with E-state index in [0.29, 0.717) is 26.1 Å². The lowest BCUT2D eigenvalue weighted by Gasteiger charge is -2.26. The van der Waals surface area contributed by atoms with Gasteiger partial charge in [-0.05, 0) is 30.0 Å². The third kappa shape index (κ3) is 2.48. The number of carbonyl (C=O) groups is 1. The van der Waals surface area contributed by atoms with Gasteiger partial charge in [0, 0.05) is 26.1 Å². The van der Waals surface area contributed by atoms with Crippen LogP contribution in [0.4, 0.5) is 0 Å². The summed E-state index contributed by atoms with van der Waals surface area (Å²) in [5.41, 5.74) is 3.43. The molecule has 1 aromatic heterocycles. The maximum Gasteiger partial charge on any atom is 0.343 e. The molecule has 1 N–H and O–H groups in total. The molecule has 4 rings (SSSR count). The van der Waals surface area contributed by atoms with Crippen LogP contribution in [0.15, 0.2) is 35.1 Å². The zero-order valence-corrected chi connectivity index (χ0v) is 13.7. The largest absolute Gasteiger partial charge is 0.343 e. The molecular weight excluding hydrogens is 304 g/mol. The van der Waals surface area contributed by atoms with Crippen LogP contribution in [0, 0.1) is 12.8 Å². The summed E-state index contributed by atoms with van der Waals surface area (Å²) >= 11 is 0. The predicted octanol–water partition coefficient (Wildman–Crippen LogP) is 1.37. The van der Waals surface area contributed by atoms with Crippen LogP contribution >= 0.6 is 0 Å². The monoisotopic (exact) mass is 324 g/mol. The van der Waals surface area contributed by atoms with Gasteiger partial charge in [-0.25, -0.2) is 9.89 Å². The van der Waals surface area contributed by atoms with Crippen molar-refractivity contribution in [2.45, 2.75) is 26.3 Å². The lowest BCUT2D eigenvalue weighted by Crippen LogP contribution is -2.40. The zero-order chi connectivity index (χ0) is 16.7. The highest BCUT2D eigenvalue weighted by Crippen LogP contribution is 2.26. The molecule has 0 fully saturated rings. The number of rotatable bonds is 2. The number of aromatic nitrogens is 3. The number of carbonyl (C=O) groups excluding carboxylic acids is 1. The van der Waals surface area contributed by atoms with Crippen LogP contribution in [0.2, 0.25) is 0 Å². The number of hydrogen-bond acceptors (Lipinski definition) is 3. The van der Waals surface area contributed by atoms with Gasteiger partial charge in [0.1, 0.15) is 5.82 Å². The normalized spacial score (nSPS) is 20.0. The number of benzene rings is 1. The quantitative estimate of drug-likeness (QED) is 0.907. The van der Waals surface area contributed by atoms with E-state index in [1.165, 1.54) is 16.7 Å². The van der Waals surface area contributed by atoms with Crippen molar-refractivity contribution in [3.63, 3.8) is 0 Å². The molecule has 0 saturated carbocycles. The molecule has 6 nitrogen and oxygen atoms in total. The Balaban J connectivity index is 1.47. The van der Waals surface area contributed by atoms with Crippen molar-refractivity contribution in [1.29, 1.82) is 0 Å². The molecular formula is C18H20N4O2. The van der Waals surface area contributed by atoms with Crippen LogP contribution in [0.25, 0.3) is 5.57 Å². The highest BCUT2D eigenvalue weighted by atomic mass is 16.2. The smallest absolute Gasteiger partial charge is 0.334 e. The van der Waals surface area contributed by atoms with Gasteiger partial charge in [-0.3, -0.25) is 9.36 Å². The Hall–Kier alpha value is -2.63. The maximum atomic E-state index is 12.9. The van der Waals surface area contributed by atoms with Gasteiger partial charge in [-0.15, -0.1) is 0 Å². The van der Waals surface area contributed by atoms with E-state index in [4.69, 9.17) is 0 Å². The first-order valence-electron chi connectivity index (χ1n) is 8.31. The van der Waals surface area contributed by atoms with Gasteiger partial charge in [0.15, 0.2) is 0 Å². The Bertz CT molecular complexity index is 877. The second-order valence-electron chi connectivity index (χ2n) is 6.55. The summed E-state index contributed by atoms with van der Waals surface area (Å²) in [7, 11) is 0. The van der Waals surface area contributed by atoms with Gasteiger partial charge in [-0.2, -0.15) is 5.10 Å². The number of nitrogens with zero attached hydrogens (tertiary/aromatic N) is 3. The van der Waals surface area contributed by atoms with Crippen molar-refractivity contribution < 1.29 is 4.79 Å². The first-order valence-corrected chi connectivity index (χ1v) is 8.31. The summed E-state index contributed by atoms with van der Waals surface area (Å²) < 4.78 is 1.60. The summed E-state index contributed by atoms with van der Waals surface area (Å²) in [6.45, 7) is 3.81. The first kappa shape index (κ1) is 14.9. The third-order valence-corrected chi connectivity index (χ3v) is 5.03. The van der Waals surface area contributed by atoms with Crippen LogP contribution in [-0.2, 0) is 17.8 Å². The Kier molecular flexibility index (Phi) is 3.59. The Morgan fingerprint density at radius 2 is 2.17 bits per heavy atom. The number of aromatic amines is 1. The summed E-state index contributed by atoms with van der Waals surface area (Å²) in [6.07, 6.45) is 3.55. The number of fused-ring (bicyclic) bond motifs is 1. The molecule has 1 unspecified atom stereocenters. The minimum atomic E-state index is -0.220. The van der Waals surface area contributed by atoms with E-state index in [9.17, 15) is 9.59 Å². The molecule has 1 atom stereocenters. The minimum Gasteiger partial charge on any atom is -0.334 e. The number of aryl methyl sites for hydroxylation is 2. The number of amides is 1. The van der Waals surface area contributed by atoms with E-state index in [0.717, 1.165) is 12.2 Å². The van der Waals surface area contributed by atoms with Crippen LogP contribution in [0.3, 0.4) is 0 Å². The number of nitrogens with one attached hydrogen (secondary N) is 1. The highest BCUT2D eigenvalue weighted by molar-refractivity contribution is 5.84. The van der Waals surface area contributed by atoms with Crippen molar-refractivity contribution in [3.05, 3.63) is 57.8 Å². The molecule has 124 valence electrons. The lowest BCUT2D eigenvalue weighted by molar-refractivity contribution is -0.135. The number of H-pyrrole nitrogens is 1. The summed E-state index contributed by atoms with van der Waals surface area (Å²) in [5, 5.41) is 6.46. The lowest BCUT2D eigenvalue weighted by atomic mass is 9.97. The molecule has 6 heteroatoms. The van der Waals surface area contributed by atoms with Gasteiger partial charge in [0.05, 0.1) is 5.92 Å². The van der Waals surface area contributed by atoms with Crippen molar-refractivity contribution in [2.24, 2.45) is 5.92 Å². The summed E-state index contributed by atoms with van der Waals surface area (Å²) in [4.78, 5) is 26.5. The molecule has 3 heterocycles. The van der Waals surface area contributed by atoms with Gasteiger partial charge in [0.25, 0.3) is 0 Å². The molecule has 0 saturated heterocycles. The van der Waals surface area contributed by atoms with E-state index < -0.39 is 0 Å². The zero-order valence-electron chi connectivity index (χ0n) is 13.7. The Morgan fingerprint density at radius 3 is 3.00 bits per heavy atom. The topological polar surface area (TPSA) is 71.0 Å². The highest BCUT2D eigenvalue weighted by Gasteiger charge is 2.31. The van der Waals surface area contributed by atoms with Crippen LogP contribution in [0.5, 0.6) is 0 Å². The van der Waals surface area contributed by atoms with Crippen LogP contribution < -0.4 is 5.69 Å². The molecule has 2 aliphatic rings. The SMILES string of the molecule is Cc1ccccc1C1=CCN(C(=O)C2CCc3n[nH]c(=O)n3C2)C1. The average molecular weight is 324 g/mol. The summed E-state index contributed by atoms with van der Waals surface area (Å²) in [6, 6.07) is 8.25. The molecule has 24 heavy (non-hydrogen) atoms. The summed E-state index contributed by atoms with van der Waals surface area (Å²) in [5.74, 6) is 0.746. The van der Waals surface area contributed by atoms with Crippen LogP contribution in [-0.4, -0.2) is 38.7 Å². The van der Waals surface area contributed by atoms with E-state index in [1.54, 1.807) is 4.57 Å². The molecule has 1 aromatic carbocycles. The molecule has 0 radical (unpaired) electrons. The van der Waals surface area contributed by atoms with E-state index in [1.807, 2.05) is 17.0 Å². The van der Waals surface area contributed by atoms with Crippen molar-refractivity contribution in [1.82, 2.24) is 19.7 Å². The van der Waals surface area contributed by atoms with Crippen molar-refractivity contribution in [2.75, 3.05) is 13.1 Å². The maximum absolute atomic E-state index is 12.9. The molecule has 2 aliphatic heterocycles. The molecule has 1 amide bonds. The average Bonchev–Trinajstić information content (AvgIpc) is 3.22. The van der Waals surface area contributed by atoms with Crippen molar-refractivity contribution >= 4 is 11.5 Å². The fraction of sp³-hybridized carbons (Fsp3) is 0.389. The van der Waals surface area contributed by atoms with Gasteiger partial charge < -0.3 is 4.90 Å². The van der Waals surface area contributed by atoms with Crippen LogP contribution in [0.1, 0.15) is 23.4 Å². The Labute approximate surface area is 139 Å². The first-order chi connectivity index (χ1) is 11.6. The van der Waals surface area contributed by atoms with Crippen molar-refractivity contribution in [3.8, 4) is 0 Å². The Morgan fingerprint density at radius 1 is 1.33 bits per heavy atom. The molecule has 0 bridgehead atoms. The second kappa shape index (κ2) is 5.78. The minimum absolute atomic E-state index is 0.133. The fourth-order valence-corrected chi connectivity index (χ4v) is 3.66. The molecule has 0 aliphatic carbocycles.